The average molecular weight is 336 g/mol. The molecule has 0 fully saturated rings. The van der Waals surface area contributed by atoms with E-state index in [0.29, 0.717) is 11.6 Å². The highest BCUT2D eigenvalue weighted by atomic mass is 35.5. The molecule has 5 heteroatoms. The number of aromatic nitrogens is 1. The molecule has 0 saturated carbocycles. The number of rotatable bonds is 4. The number of ether oxygens (including phenoxy) is 1. The Labute approximate surface area is 140 Å². The largest absolute Gasteiger partial charge is 0.481 e. The molecule has 23 heavy (non-hydrogen) atoms. The first-order valence-electron chi connectivity index (χ1n) is 8.06. The molecule has 0 radical (unpaired) electrons. The number of H-pyrrole nitrogens is 1. The fourth-order valence-electron chi connectivity index (χ4n) is 3.74. The quantitative estimate of drug-likeness (QED) is 0.869. The van der Waals surface area contributed by atoms with Crippen LogP contribution in [0.5, 0.6) is 0 Å². The number of halogens is 1. The first-order chi connectivity index (χ1) is 10.9. The predicted molar refractivity (Wildman–Crippen MR) is 91.1 cm³/mol. The van der Waals surface area contributed by atoms with Gasteiger partial charge in [-0.3, -0.25) is 4.79 Å². The molecule has 0 bridgehead atoms. The van der Waals surface area contributed by atoms with E-state index in [0.717, 1.165) is 40.6 Å². The molecule has 0 amide bonds. The van der Waals surface area contributed by atoms with Crippen molar-refractivity contribution >= 4 is 28.5 Å². The van der Waals surface area contributed by atoms with Crippen molar-refractivity contribution in [1.29, 1.82) is 0 Å². The van der Waals surface area contributed by atoms with Crippen LogP contribution in [0.1, 0.15) is 43.5 Å². The van der Waals surface area contributed by atoms with Crippen LogP contribution < -0.4 is 0 Å². The molecule has 2 atom stereocenters. The Balaban J connectivity index is 2.31. The molecule has 4 nitrogen and oxygen atoms in total. The molecule has 1 aromatic heterocycles. The molecular weight excluding hydrogens is 314 g/mol. The lowest BCUT2D eigenvalue weighted by molar-refractivity contribution is -0.155. The summed E-state index contributed by atoms with van der Waals surface area (Å²) in [6.45, 7) is 6.66. The van der Waals surface area contributed by atoms with Crippen molar-refractivity contribution in [2.75, 3.05) is 6.61 Å². The number of carbonyl (C=O) groups is 1. The van der Waals surface area contributed by atoms with Gasteiger partial charge in [0.25, 0.3) is 0 Å². The summed E-state index contributed by atoms with van der Waals surface area (Å²) in [5, 5.41) is 11.2. The summed E-state index contributed by atoms with van der Waals surface area (Å²) < 4.78 is 6.11. The Morgan fingerprint density at radius 1 is 1.52 bits per heavy atom. The van der Waals surface area contributed by atoms with Crippen LogP contribution in [-0.4, -0.2) is 22.7 Å². The molecule has 1 unspecified atom stereocenters. The zero-order valence-electron chi connectivity index (χ0n) is 13.7. The maximum absolute atomic E-state index is 11.5. The molecule has 0 spiro atoms. The van der Waals surface area contributed by atoms with Crippen molar-refractivity contribution in [2.45, 2.75) is 45.6 Å². The Hall–Kier alpha value is -1.52. The Morgan fingerprint density at radius 2 is 2.26 bits per heavy atom. The van der Waals surface area contributed by atoms with Crippen LogP contribution >= 0.6 is 11.6 Å². The number of hydrogen-bond acceptors (Lipinski definition) is 2. The van der Waals surface area contributed by atoms with Crippen LogP contribution in [0.3, 0.4) is 0 Å². The molecule has 2 N–H and O–H groups in total. The Kier molecular flexibility index (Phi) is 4.15. The van der Waals surface area contributed by atoms with Gasteiger partial charge in [0, 0.05) is 5.39 Å². The molecule has 2 heterocycles. The lowest BCUT2D eigenvalue weighted by Crippen LogP contribution is -2.43. The molecular formula is C18H22ClNO3. The fraction of sp³-hybridized carbons (Fsp3) is 0.500. The van der Waals surface area contributed by atoms with Gasteiger partial charge >= 0.3 is 5.97 Å². The molecule has 1 aromatic carbocycles. The van der Waals surface area contributed by atoms with Crippen LogP contribution in [0, 0.1) is 12.8 Å². The van der Waals surface area contributed by atoms with Crippen LogP contribution in [-0.2, 0) is 21.6 Å². The summed E-state index contributed by atoms with van der Waals surface area (Å²) in [5.41, 5.74) is 3.29. The minimum atomic E-state index is -0.848. The van der Waals surface area contributed by atoms with Crippen molar-refractivity contribution in [3.8, 4) is 0 Å². The van der Waals surface area contributed by atoms with E-state index in [1.54, 1.807) is 0 Å². The lowest BCUT2D eigenvalue weighted by Gasteiger charge is -2.40. The van der Waals surface area contributed by atoms with Crippen LogP contribution in [0.4, 0.5) is 0 Å². The Bertz CT molecular complexity index is 767. The van der Waals surface area contributed by atoms with E-state index in [1.165, 1.54) is 0 Å². The number of hydrogen-bond donors (Lipinski definition) is 2. The summed E-state index contributed by atoms with van der Waals surface area (Å²) in [7, 11) is 0. The number of aromatic amines is 1. The first kappa shape index (κ1) is 16.3. The highest BCUT2D eigenvalue weighted by Gasteiger charge is 2.46. The van der Waals surface area contributed by atoms with Gasteiger partial charge in [0.05, 0.1) is 29.3 Å². The molecule has 124 valence electrons. The van der Waals surface area contributed by atoms with E-state index >= 15 is 0 Å². The highest BCUT2D eigenvalue weighted by molar-refractivity contribution is 6.36. The monoisotopic (exact) mass is 335 g/mol. The summed E-state index contributed by atoms with van der Waals surface area (Å²) in [6.07, 6.45) is 1.55. The SMILES string of the molecule is CCC(C)[C@@]1(CC(=O)O)OCCc2c1[nH]c1c(C)ccc(Cl)c21. The second-order valence-electron chi connectivity index (χ2n) is 6.46. The summed E-state index contributed by atoms with van der Waals surface area (Å²) in [5.74, 6) is -0.760. The van der Waals surface area contributed by atoms with Gasteiger partial charge in [-0.1, -0.05) is 37.9 Å². The molecule has 1 aliphatic heterocycles. The normalized spacial score (nSPS) is 22.1. The van der Waals surface area contributed by atoms with E-state index < -0.39 is 11.6 Å². The highest BCUT2D eigenvalue weighted by Crippen LogP contribution is 2.46. The number of carboxylic acid groups (broad SMARTS) is 1. The molecule has 2 aromatic rings. The first-order valence-corrected chi connectivity index (χ1v) is 8.44. The number of aryl methyl sites for hydroxylation is 1. The van der Waals surface area contributed by atoms with Gasteiger partial charge in [0.2, 0.25) is 0 Å². The number of benzene rings is 1. The third-order valence-corrected chi connectivity index (χ3v) is 5.49. The van der Waals surface area contributed by atoms with E-state index in [2.05, 4.69) is 18.8 Å². The second-order valence-corrected chi connectivity index (χ2v) is 6.87. The van der Waals surface area contributed by atoms with Crippen molar-refractivity contribution in [3.05, 3.63) is 34.0 Å². The van der Waals surface area contributed by atoms with Crippen molar-refractivity contribution in [3.63, 3.8) is 0 Å². The molecule has 1 aliphatic rings. The predicted octanol–water partition coefficient (Wildman–Crippen LogP) is 4.42. The van der Waals surface area contributed by atoms with E-state index in [9.17, 15) is 9.90 Å². The van der Waals surface area contributed by atoms with Gasteiger partial charge in [-0.15, -0.1) is 0 Å². The zero-order valence-corrected chi connectivity index (χ0v) is 14.5. The zero-order chi connectivity index (χ0) is 16.8. The molecule has 0 saturated heterocycles. The third-order valence-electron chi connectivity index (χ3n) is 5.17. The minimum Gasteiger partial charge on any atom is -0.481 e. The number of carboxylic acids is 1. The van der Waals surface area contributed by atoms with Gasteiger partial charge in [-0.2, -0.15) is 0 Å². The number of nitrogens with one attached hydrogen (secondary N) is 1. The minimum absolute atomic E-state index is 0.0432. The smallest absolute Gasteiger partial charge is 0.306 e. The van der Waals surface area contributed by atoms with E-state index in [-0.39, 0.29) is 12.3 Å². The average Bonchev–Trinajstić information content (AvgIpc) is 2.91. The fourth-order valence-corrected chi connectivity index (χ4v) is 4.01. The summed E-state index contributed by atoms with van der Waals surface area (Å²) >= 11 is 6.44. The Morgan fingerprint density at radius 3 is 2.91 bits per heavy atom. The van der Waals surface area contributed by atoms with Gasteiger partial charge in [-0.25, -0.2) is 0 Å². The van der Waals surface area contributed by atoms with Crippen LogP contribution in [0.15, 0.2) is 12.1 Å². The third kappa shape index (κ3) is 2.45. The number of aliphatic carboxylic acids is 1. The second kappa shape index (κ2) is 5.84. The maximum Gasteiger partial charge on any atom is 0.306 e. The summed E-state index contributed by atoms with van der Waals surface area (Å²) in [6, 6.07) is 3.89. The van der Waals surface area contributed by atoms with Gasteiger partial charge in [0.15, 0.2) is 0 Å². The van der Waals surface area contributed by atoms with E-state index in [1.807, 2.05) is 19.1 Å². The lowest BCUT2D eigenvalue weighted by atomic mass is 9.77. The molecule has 0 aliphatic carbocycles. The summed E-state index contributed by atoms with van der Waals surface area (Å²) in [4.78, 5) is 15.0. The van der Waals surface area contributed by atoms with Crippen LogP contribution in [0.25, 0.3) is 10.9 Å². The van der Waals surface area contributed by atoms with Gasteiger partial charge in [-0.05, 0) is 36.5 Å². The maximum atomic E-state index is 11.5. The van der Waals surface area contributed by atoms with Crippen molar-refractivity contribution in [1.82, 2.24) is 4.98 Å². The van der Waals surface area contributed by atoms with Crippen molar-refractivity contribution < 1.29 is 14.6 Å². The van der Waals surface area contributed by atoms with Crippen molar-refractivity contribution in [2.24, 2.45) is 5.92 Å². The van der Waals surface area contributed by atoms with Crippen LogP contribution in [0.2, 0.25) is 5.02 Å². The number of fused-ring (bicyclic) bond motifs is 3. The standard InChI is InChI=1S/C18H22ClNO3/c1-4-11(3)18(9-14(21)22)17-12(7-8-23-18)15-13(19)6-5-10(2)16(15)20-17/h5-6,11,20H,4,7-9H2,1-3H3,(H,21,22)/t11?,18-/m1/s1. The van der Waals surface area contributed by atoms with Gasteiger partial charge in [0.1, 0.15) is 5.60 Å². The topological polar surface area (TPSA) is 62.3 Å². The van der Waals surface area contributed by atoms with E-state index in [4.69, 9.17) is 16.3 Å². The molecule has 3 rings (SSSR count). The van der Waals surface area contributed by atoms with Gasteiger partial charge < -0.3 is 14.8 Å².